The molecule has 2 amide bonds. The first-order valence-corrected chi connectivity index (χ1v) is 10.9. The zero-order valence-electron chi connectivity index (χ0n) is 17.4. The highest BCUT2D eigenvalue weighted by Crippen LogP contribution is 2.40. The van der Waals surface area contributed by atoms with E-state index in [9.17, 15) is 22.8 Å². The Kier molecular flexibility index (Phi) is 5.17. The Morgan fingerprint density at radius 2 is 1.71 bits per heavy atom. The summed E-state index contributed by atoms with van der Waals surface area (Å²) in [5.41, 5.74) is 1.09. The van der Waals surface area contributed by atoms with Crippen molar-refractivity contribution in [3.8, 4) is 11.3 Å². The number of aromatic nitrogens is 2. The van der Waals surface area contributed by atoms with Gasteiger partial charge in [-0.3, -0.25) is 14.5 Å². The maximum Gasteiger partial charge on any atom is 0.417 e. The number of nitrogens with zero attached hydrogens (tertiary/aromatic N) is 3. The number of carbonyl (C=O) groups is 2. The van der Waals surface area contributed by atoms with Crippen LogP contribution in [0.25, 0.3) is 27.3 Å². The zero-order valence-corrected chi connectivity index (χ0v) is 18.2. The van der Waals surface area contributed by atoms with Crippen LogP contribution in [0, 0.1) is 0 Å². The molecule has 0 aliphatic carbocycles. The average Bonchev–Trinajstić information content (AvgIpc) is 3.32. The summed E-state index contributed by atoms with van der Waals surface area (Å²) in [6.45, 7) is 3.53. The van der Waals surface area contributed by atoms with E-state index in [2.05, 4.69) is 21.9 Å². The van der Waals surface area contributed by atoms with Crippen LogP contribution >= 0.6 is 11.3 Å². The Morgan fingerprint density at radius 3 is 2.38 bits per heavy atom. The number of anilines is 1. The van der Waals surface area contributed by atoms with Crippen LogP contribution in [0.3, 0.4) is 0 Å². The molecule has 1 N–H and O–H groups in total. The summed E-state index contributed by atoms with van der Waals surface area (Å²) >= 11 is 0.678. The van der Waals surface area contributed by atoms with Crippen molar-refractivity contribution in [3.63, 3.8) is 0 Å². The fraction of sp³-hybridized carbons (Fsp3) is 0.0833. The van der Waals surface area contributed by atoms with Gasteiger partial charge in [0, 0.05) is 22.4 Å². The number of carbonyl (C=O) groups excluding carboxylic acids is 2. The Morgan fingerprint density at radius 1 is 1.03 bits per heavy atom. The molecule has 0 radical (unpaired) electrons. The van der Waals surface area contributed by atoms with Crippen molar-refractivity contribution < 1.29 is 22.8 Å². The molecule has 10 heteroatoms. The second-order valence-corrected chi connectivity index (χ2v) is 8.52. The first-order chi connectivity index (χ1) is 16.2. The summed E-state index contributed by atoms with van der Waals surface area (Å²) < 4.78 is 41.2. The number of hydrogen-bond acceptors (Lipinski definition) is 5. The lowest BCUT2D eigenvalue weighted by Gasteiger charge is -2.16. The number of thiazole rings is 1. The van der Waals surface area contributed by atoms with Gasteiger partial charge in [0.25, 0.3) is 5.91 Å². The van der Waals surface area contributed by atoms with Gasteiger partial charge in [0.2, 0.25) is 5.91 Å². The average molecular weight is 480 g/mol. The number of fused-ring (bicyclic) bond motifs is 2. The molecule has 0 fully saturated rings. The molecule has 4 aromatic rings. The minimum Gasteiger partial charge on any atom is -0.300 e. The lowest BCUT2D eigenvalue weighted by atomic mass is 10.1. The predicted molar refractivity (Wildman–Crippen MR) is 123 cm³/mol. The second kappa shape index (κ2) is 8.07. The summed E-state index contributed by atoms with van der Waals surface area (Å²) in [5.74, 6) is -0.980. The Bertz CT molecular complexity index is 1430. The van der Waals surface area contributed by atoms with Gasteiger partial charge in [-0.1, -0.05) is 66.4 Å². The van der Waals surface area contributed by atoms with Crippen molar-refractivity contribution in [3.05, 3.63) is 83.9 Å². The van der Waals surface area contributed by atoms with Gasteiger partial charge in [0.05, 0.1) is 16.0 Å². The van der Waals surface area contributed by atoms with Crippen LogP contribution in [0.4, 0.5) is 18.3 Å². The van der Waals surface area contributed by atoms with Crippen LogP contribution in [0.5, 0.6) is 0 Å². The summed E-state index contributed by atoms with van der Waals surface area (Å²) in [7, 11) is 0. The highest BCUT2D eigenvalue weighted by atomic mass is 32.1. The minimum atomic E-state index is -4.63. The van der Waals surface area contributed by atoms with Gasteiger partial charge in [-0.05, 0) is 12.1 Å². The van der Waals surface area contributed by atoms with E-state index >= 15 is 0 Å². The fourth-order valence-corrected chi connectivity index (χ4v) is 4.69. The van der Waals surface area contributed by atoms with Gasteiger partial charge in [-0.25, -0.2) is 4.98 Å². The number of benzene rings is 2. The van der Waals surface area contributed by atoms with E-state index in [4.69, 9.17) is 0 Å². The predicted octanol–water partition coefficient (Wildman–Crippen LogP) is 5.44. The monoisotopic (exact) mass is 480 g/mol. The van der Waals surface area contributed by atoms with Gasteiger partial charge >= 0.3 is 6.18 Å². The van der Waals surface area contributed by atoms with E-state index in [0.717, 1.165) is 6.07 Å². The normalized spacial score (nSPS) is 13.4. The fourth-order valence-electron chi connectivity index (χ4n) is 3.74. The third-order valence-corrected chi connectivity index (χ3v) is 6.32. The molecule has 34 heavy (non-hydrogen) atoms. The van der Waals surface area contributed by atoms with Gasteiger partial charge in [0.15, 0.2) is 10.8 Å². The Hall–Kier alpha value is -4.05. The molecule has 0 atom stereocenters. The van der Waals surface area contributed by atoms with E-state index in [1.165, 1.54) is 4.90 Å². The first kappa shape index (κ1) is 21.8. The molecule has 2 aromatic carbocycles. The van der Waals surface area contributed by atoms with Gasteiger partial charge in [0.1, 0.15) is 6.54 Å². The maximum atomic E-state index is 13.8. The van der Waals surface area contributed by atoms with Crippen LogP contribution in [0.1, 0.15) is 21.5 Å². The Labute approximate surface area is 195 Å². The van der Waals surface area contributed by atoms with E-state index in [1.807, 2.05) is 0 Å². The van der Waals surface area contributed by atoms with Crippen molar-refractivity contribution in [1.29, 1.82) is 0 Å². The second-order valence-electron chi connectivity index (χ2n) is 7.52. The standard InChI is InChI=1S/C24H15F3N4O2S/c1-13-15-9-5-6-10-16(15)22(33)31(13)12-19(32)29-23-30-21-20(34-23)17(24(25,26)27)11-18(28-21)14-7-3-2-4-8-14/h2-11H,1,12H2,(H,28,29,30,32). The number of rotatable bonds is 4. The molecule has 1 aliphatic rings. The lowest BCUT2D eigenvalue weighted by Crippen LogP contribution is -2.32. The van der Waals surface area contributed by atoms with Crippen LogP contribution in [-0.4, -0.2) is 33.2 Å². The smallest absolute Gasteiger partial charge is 0.300 e. The lowest BCUT2D eigenvalue weighted by molar-refractivity contribution is -0.136. The molecule has 1 aliphatic heterocycles. The van der Waals surface area contributed by atoms with Crippen LogP contribution in [0.2, 0.25) is 0 Å². The topological polar surface area (TPSA) is 75.2 Å². The largest absolute Gasteiger partial charge is 0.417 e. The number of halogens is 3. The third kappa shape index (κ3) is 3.81. The van der Waals surface area contributed by atoms with Crippen LogP contribution in [-0.2, 0) is 11.0 Å². The van der Waals surface area contributed by atoms with Crippen molar-refractivity contribution in [2.45, 2.75) is 6.18 Å². The number of amides is 2. The summed E-state index contributed by atoms with van der Waals surface area (Å²) in [5, 5.41) is 2.45. The molecule has 0 saturated carbocycles. The van der Waals surface area contributed by atoms with Crippen molar-refractivity contribution in [2.24, 2.45) is 0 Å². The summed E-state index contributed by atoms with van der Waals surface area (Å²) in [4.78, 5) is 34.8. The minimum absolute atomic E-state index is 0.0435. The number of hydrogen-bond donors (Lipinski definition) is 1. The third-order valence-electron chi connectivity index (χ3n) is 5.32. The summed E-state index contributed by atoms with van der Waals surface area (Å²) in [6, 6.07) is 16.3. The highest BCUT2D eigenvalue weighted by molar-refractivity contribution is 7.22. The molecule has 3 heterocycles. The van der Waals surface area contributed by atoms with E-state index < -0.39 is 17.6 Å². The molecule has 0 saturated heterocycles. The van der Waals surface area contributed by atoms with E-state index in [0.29, 0.717) is 33.7 Å². The van der Waals surface area contributed by atoms with Gasteiger partial charge in [-0.2, -0.15) is 18.2 Å². The Balaban J connectivity index is 1.43. The van der Waals surface area contributed by atoms with Crippen molar-refractivity contribution >= 4 is 44.3 Å². The molecule has 0 spiro atoms. The SMILES string of the molecule is C=C1c2ccccc2C(=O)N1CC(=O)Nc1nc2nc(-c3ccccc3)cc(C(F)(F)F)c2s1. The van der Waals surface area contributed by atoms with E-state index in [1.54, 1.807) is 54.6 Å². The van der Waals surface area contributed by atoms with E-state index in [-0.39, 0.29) is 33.6 Å². The molecule has 6 nitrogen and oxygen atoms in total. The zero-order chi connectivity index (χ0) is 24.0. The quantitative estimate of drug-likeness (QED) is 0.422. The van der Waals surface area contributed by atoms with Gasteiger partial charge < -0.3 is 5.32 Å². The van der Waals surface area contributed by atoms with Crippen LogP contribution in [0.15, 0.2) is 67.2 Å². The maximum absolute atomic E-state index is 13.8. The van der Waals surface area contributed by atoms with Gasteiger partial charge in [-0.15, -0.1) is 0 Å². The van der Waals surface area contributed by atoms with Crippen molar-refractivity contribution in [2.75, 3.05) is 11.9 Å². The molecular formula is C24H15F3N4O2S. The first-order valence-electron chi connectivity index (χ1n) is 10.1. The molecule has 2 aromatic heterocycles. The summed E-state index contributed by atoms with van der Waals surface area (Å²) in [6.07, 6.45) is -4.63. The van der Waals surface area contributed by atoms with Crippen molar-refractivity contribution in [1.82, 2.24) is 14.9 Å². The number of alkyl halides is 3. The van der Waals surface area contributed by atoms with Crippen LogP contribution < -0.4 is 5.32 Å². The molecule has 5 rings (SSSR count). The number of nitrogens with one attached hydrogen (secondary N) is 1. The molecule has 0 unspecified atom stereocenters. The molecular weight excluding hydrogens is 465 g/mol. The highest BCUT2D eigenvalue weighted by Gasteiger charge is 2.36. The molecule has 170 valence electrons. The number of pyridine rings is 1. The molecule has 0 bridgehead atoms.